The lowest BCUT2D eigenvalue weighted by Gasteiger charge is -2.13. The zero-order valence-corrected chi connectivity index (χ0v) is 15.8. The van der Waals surface area contributed by atoms with Crippen LogP contribution in [0.2, 0.25) is 5.02 Å². The van der Waals surface area contributed by atoms with Crippen LogP contribution in [0.4, 0.5) is 5.69 Å². The van der Waals surface area contributed by atoms with Gasteiger partial charge in [0.15, 0.2) is 0 Å². The van der Waals surface area contributed by atoms with E-state index >= 15 is 0 Å². The van der Waals surface area contributed by atoms with Crippen LogP contribution >= 0.6 is 11.6 Å². The third kappa shape index (κ3) is 6.08. The second-order valence-electron chi connectivity index (χ2n) is 6.09. The van der Waals surface area contributed by atoms with Gasteiger partial charge in [-0.3, -0.25) is 9.59 Å². The van der Waals surface area contributed by atoms with E-state index in [2.05, 4.69) is 16.0 Å². The zero-order valence-electron chi connectivity index (χ0n) is 15.0. The number of carbonyl (C=O) groups is 2. The van der Waals surface area contributed by atoms with Crippen molar-refractivity contribution in [3.05, 3.63) is 64.7 Å². The lowest BCUT2D eigenvalue weighted by atomic mass is 10.1. The van der Waals surface area contributed by atoms with Crippen molar-refractivity contribution >= 4 is 29.1 Å². The molecule has 0 aliphatic carbocycles. The molecule has 0 aliphatic heterocycles. The van der Waals surface area contributed by atoms with Crippen LogP contribution in [0.1, 0.15) is 36.2 Å². The monoisotopic (exact) mass is 373 g/mol. The van der Waals surface area contributed by atoms with Gasteiger partial charge in [0.2, 0.25) is 5.91 Å². The topological polar surface area (TPSA) is 70.2 Å². The van der Waals surface area contributed by atoms with Gasteiger partial charge in [0, 0.05) is 28.9 Å². The first kappa shape index (κ1) is 19.8. The smallest absolute Gasteiger partial charge is 0.251 e. The summed E-state index contributed by atoms with van der Waals surface area (Å²) in [6.07, 6.45) is 0.870. The van der Waals surface area contributed by atoms with Gasteiger partial charge < -0.3 is 16.0 Å². The first-order valence-corrected chi connectivity index (χ1v) is 9.02. The Morgan fingerprint density at radius 1 is 1.12 bits per heavy atom. The van der Waals surface area contributed by atoms with Crippen LogP contribution in [0.15, 0.2) is 48.5 Å². The van der Waals surface area contributed by atoms with E-state index in [1.165, 1.54) is 0 Å². The Balaban J connectivity index is 1.85. The minimum absolute atomic E-state index is 0.112. The zero-order chi connectivity index (χ0) is 18.9. The first-order valence-electron chi connectivity index (χ1n) is 8.64. The molecule has 2 rings (SSSR count). The largest absolute Gasteiger partial charge is 0.376 e. The fourth-order valence-corrected chi connectivity index (χ4v) is 2.46. The van der Waals surface area contributed by atoms with Crippen LogP contribution in [-0.2, 0) is 11.3 Å². The highest BCUT2D eigenvalue weighted by Crippen LogP contribution is 2.14. The number of carbonyl (C=O) groups excluding carboxylic acids is 2. The molecular weight excluding hydrogens is 350 g/mol. The van der Waals surface area contributed by atoms with Crippen LogP contribution in [-0.4, -0.2) is 24.4 Å². The molecule has 0 heterocycles. The Labute approximate surface area is 159 Å². The van der Waals surface area contributed by atoms with Crippen molar-refractivity contribution in [2.45, 2.75) is 32.9 Å². The molecule has 5 nitrogen and oxygen atoms in total. The summed E-state index contributed by atoms with van der Waals surface area (Å²) in [6.45, 7) is 4.46. The van der Waals surface area contributed by atoms with E-state index in [0.29, 0.717) is 17.1 Å². The SMILES string of the molecule is CCC(C)NC(=O)c1cccc(NCC(=O)NCc2ccccc2Cl)c1. The molecule has 0 bridgehead atoms. The molecule has 1 unspecified atom stereocenters. The van der Waals surface area contributed by atoms with Gasteiger partial charge in [-0.05, 0) is 43.2 Å². The maximum absolute atomic E-state index is 12.2. The van der Waals surface area contributed by atoms with Gasteiger partial charge in [0.05, 0.1) is 6.54 Å². The van der Waals surface area contributed by atoms with Crippen LogP contribution < -0.4 is 16.0 Å². The molecule has 1 atom stereocenters. The van der Waals surface area contributed by atoms with Crippen molar-refractivity contribution in [1.29, 1.82) is 0 Å². The van der Waals surface area contributed by atoms with Crippen molar-refractivity contribution in [3.8, 4) is 0 Å². The fraction of sp³-hybridized carbons (Fsp3) is 0.300. The van der Waals surface area contributed by atoms with Crippen molar-refractivity contribution in [2.24, 2.45) is 0 Å². The molecular formula is C20H24ClN3O2. The summed E-state index contributed by atoms with van der Waals surface area (Å²) in [5.41, 5.74) is 2.15. The lowest BCUT2D eigenvalue weighted by molar-refractivity contribution is -0.119. The molecule has 2 aromatic carbocycles. The minimum Gasteiger partial charge on any atom is -0.376 e. The lowest BCUT2D eigenvalue weighted by Crippen LogP contribution is -2.32. The summed E-state index contributed by atoms with van der Waals surface area (Å²) in [4.78, 5) is 24.2. The van der Waals surface area contributed by atoms with Crippen molar-refractivity contribution < 1.29 is 9.59 Å². The molecule has 0 saturated heterocycles. The molecule has 0 spiro atoms. The molecule has 6 heteroatoms. The Kier molecular flexibility index (Phi) is 7.48. The number of amides is 2. The first-order chi connectivity index (χ1) is 12.5. The van der Waals surface area contributed by atoms with E-state index in [9.17, 15) is 9.59 Å². The van der Waals surface area contributed by atoms with Crippen molar-refractivity contribution in [2.75, 3.05) is 11.9 Å². The highest BCUT2D eigenvalue weighted by molar-refractivity contribution is 6.31. The maximum Gasteiger partial charge on any atom is 0.251 e. The number of rotatable bonds is 8. The average molecular weight is 374 g/mol. The Hall–Kier alpha value is -2.53. The Morgan fingerprint density at radius 3 is 2.62 bits per heavy atom. The van der Waals surface area contributed by atoms with E-state index in [0.717, 1.165) is 17.7 Å². The molecule has 26 heavy (non-hydrogen) atoms. The minimum atomic E-state index is -0.153. The van der Waals surface area contributed by atoms with Crippen LogP contribution in [0.25, 0.3) is 0 Å². The fourth-order valence-electron chi connectivity index (χ4n) is 2.26. The summed E-state index contributed by atoms with van der Waals surface area (Å²) in [5, 5.41) is 9.40. The predicted molar refractivity (Wildman–Crippen MR) is 105 cm³/mol. The summed E-state index contributed by atoms with van der Waals surface area (Å²) >= 11 is 6.07. The van der Waals surface area contributed by atoms with Gasteiger partial charge in [0.1, 0.15) is 0 Å². The molecule has 2 aromatic rings. The van der Waals surface area contributed by atoms with E-state index in [1.807, 2.05) is 38.1 Å². The number of benzene rings is 2. The van der Waals surface area contributed by atoms with Crippen molar-refractivity contribution in [3.63, 3.8) is 0 Å². The molecule has 0 radical (unpaired) electrons. The Morgan fingerprint density at radius 2 is 1.88 bits per heavy atom. The second-order valence-corrected chi connectivity index (χ2v) is 6.49. The summed E-state index contributed by atoms with van der Waals surface area (Å²) in [6, 6.07) is 14.6. The number of hydrogen-bond donors (Lipinski definition) is 3. The molecule has 0 aromatic heterocycles. The number of halogens is 1. The summed E-state index contributed by atoms with van der Waals surface area (Å²) in [5.74, 6) is -0.273. The van der Waals surface area contributed by atoms with E-state index in [1.54, 1.807) is 24.3 Å². The van der Waals surface area contributed by atoms with Gasteiger partial charge in [-0.2, -0.15) is 0 Å². The number of nitrogens with one attached hydrogen (secondary N) is 3. The maximum atomic E-state index is 12.2. The molecule has 0 aliphatic rings. The molecule has 138 valence electrons. The highest BCUT2D eigenvalue weighted by Gasteiger charge is 2.09. The second kappa shape index (κ2) is 9.82. The Bertz CT molecular complexity index is 764. The van der Waals surface area contributed by atoms with Crippen molar-refractivity contribution in [1.82, 2.24) is 10.6 Å². The predicted octanol–water partition coefficient (Wildman–Crippen LogP) is 3.60. The van der Waals surface area contributed by atoms with Crippen LogP contribution in [0, 0.1) is 0 Å². The quantitative estimate of drug-likeness (QED) is 0.662. The summed E-state index contributed by atoms with van der Waals surface area (Å²) < 4.78 is 0. The molecule has 3 N–H and O–H groups in total. The van der Waals surface area contributed by atoms with E-state index in [-0.39, 0.29) is 24.4 Å². The molecule has 0 saturated carbocycles. The van der Waals surface area contributed by atoms with E-state index < -0.39 is 0 Å². The summed E-state index contributed by atoms with van der Waals surface area (Å²) in [7, 11) is 0. The molecule has 2 amide bonds. The van der Waals surface area contributed by atoms with Gasteiger partial charge in [-0.15, -0.1) is 0 Å². The van der Waals surface area contributed by atoms with Crippen LogP contribution in [0.5, 0.6) is 0 Å². The van der Waals surface area contributed by atoms with Gasteiger partial charge in [-0.1, -0.05) is 42.8 Å². The third-order valence-electron chi connectivity index (χ3n) is 4.00. The average Bonchev–Trinajstić information content (AvgIpc) is 2.65. The van der Waals surface area contributed by atoms with E-state index in [4.69, 9.17) is 11.6 Å². The van der Waals surface area contributed by atoms with Gasteiger partial charge in [-0.25, -0.2) is 0 Å². The molecule has 0 fully saturated rings. The number of anilines is 1. The normalized spacial score (nSPS) is 11.5. The number of hydrogen-bond acceptors (Lipinski definition) is 3. The third-order valence-corrected chi connectivity index (χ3v) is 4.37. The van der Waals surface area contributed by atoms with Crippen LogP contribution in [0.3, 0.4) is 0 Å². The standard InChI is InChI=1S/C20H24ClN3O2/c1-3-14(2)24-20(26)15-8-6-9-17(11-15)22-13-19(25)23-12-16-7-4-5-10-18(16)21/h4-11,14,22H,3,12-13H2,1-2H3,(H,23,25)(H,24,26). The van der Waals surface area contributed by atoms with Gasteiger partial charge >= 0.3 is 0 Å². The van der Waals surface area contributed by atoms with Gasteiger partial charge in [0.25, 0.3) is 5.91 Å². The highest BCUT2D eigenvalue weighted by atomic mass is 35.5.